The first-order chi connectivity index (χ1) is 10.2. The minimum absolute atomic E-state index is 0.0837. The van der Waals surface area contributed by atoms with Gasteiger partial charge in [0.25, 0.3) is 0 Å². The molecular formula is C14H15BF6O2. The van der Waals surface area contributed by atoms with Gasteiger partial charge in [-0.2, -0.15) is 26.3 Å². The van der Waals surface area contributed by atoms with Crippen LogP contribution in [-0.4, -0.2) is 18.3 Å². The van der Waals surface area contributed by atoms with Crippen LogP contribution in [0.3, 0.4) is 0 Å². The Bertz CT molecular complexity index is 590. The number of hydrogen-bond donors (Lipinski definition) is 0. The van der Waals surface area contributed by atoms with Gasteiger partial charge in [0, 0.05) is 0 Å². The third-order valence-electron chi connectivity index (χ3n) is 4.19. The highest BCUT2D eigenvalue weighted by molar-refractivity contribution is 6.62. The van der Waals surface area contributed by atoms with Crippen molar-refractivity contribution in [3.63, 3.8) is 0 Å². The van der Waals surface area contributed by atoms with Crippen molar-refractivity contribution in [1.29, 1.82) is 0 Å². The average molecular weight is 340 g/mol. The fraction of sp³-hybridized carbons (Fsp3) is 0.571. The van der Waals surface area contributed by atoms with Crippen LogP contribution in [0.1, 0.15) is 38.8 Å². The van der Waals surface area contributed by atoms with Gasteiger partial charge in [0.05, 0.1) is 22.3 Å². The molecule has 1 aliphatic rings. The van der Waals surface area contributed by atoms with Gasteiger partial charge in [-0.05, 0) is 39.2 Å². The van der Waals surface area contributed by atoms with Crippen LogP contribution in [0, 0.1) is 0 Å². The molecule has 0 radical (unpaired) electrons. The Labute approximate surface area is 129 Å². The van der Waals surface area contributed by atoms with Crippen LogP contribution in [0.5, 0.6) is 0 Å². The Morgan fingerprint density at radius 3 is 1.70 bits per heavy atom. The molecule has 0 atom stereocenters. The molecule has 2 rings (SSSR count). The summed E-state index contributed by atoms with van der Waals surface area (Å²) < 4.78 is 88.6. The molecule has 1 aliphatic heterocycles. The summed E-state index contributed by atoms with van der Waals surface area (Å²) >= 11 is 0. The summed E-state index contributed by atoms with van der Waals surface area (Å²) in [6.07, 6.45) is -9.82. The molecular weight excluding hydrogens is 325 g/mol. The van der Waals surface area contributed by atoms with Crippen LogP contribution < -0.4 is 5.46 Å². The number of rotatable bonds is 1. The maximum atomic E-state index is 13.2. The predicted octanol–water partition coefficient (Wildman–Crippen LogP) is 4.02. The van der Waals surface area contributed by atoms with Gasteiger partial charge in [-0.1, -0.05) is 12.1 Å². The lowest BCUT2D eigenvalue weighted by Gasteiger charge is -2.32. The molecule has 1 fully saturated rings. The summed E-state index contributed by atoms with van der Waals surface area (Å²) in [5.41, 5.74) is -5.05. The van der Waals surface area contributed by atoms with Crippen molar-refractivity contribution in [3.8, 4) is 0 Å². The van der Waals surface area contributed by atoms with Gasteiger partial charge < -0.3 is 9.31 Å². The molecule has 0 unspecified atom stereocenters. The van der Waals surface area contributed by atoms with Gasteiger partial charge in [-0.25, -0.2) is 0 Å². The highest BCUT2D eigenvalue weighted by atomic mass is 19.4. The average Bonchev–Trinajstić information content (AvgIpc) is 2.55. The monoisotopic (exact) mass is 340 g/mol. The number of benzene rings is 1. The van der Waals surface area contributed by atoms with E-state index in [4.69, 9.17) is 9.31 Å². The third-order valence-corrected chi connectivity index (χ3v) is 4.19. The van der Waals surface area contributed by atoms with E-state index in [0.717, 1.165) is 6.07 Å². The molecule has 0 bridgehead atoms. The van der Waals surface area contributed by atoms with Crippen molar-refractivity contribution in [2.24, 2.45) is 0 Å². The normalized spacial score (nSPS) is 20.9. The van der Waals surface area contributed by atoms with E-state index in [1.165, 1.54) is 0 Å². The van der Waals surface area contributed by atoms with E-state index in [0.29, 0.717) is 6.07 Å². The van der Waals surface area contributed by atoms with Crippen molar-refractivity contribution in [2.45, 2.75) is 51.2 Å². The standard InChI is InChI=1S/C14H15BF6O2/c1-11(2)12(3,4)23-15(22-11)10-6-5-8(13(16,17)18)7-9(10)14(19,20)21/h5-7H,1-4H3. The molecule has 0 aliphatic carbocycles. The zero-order valence-electron chi connectivity index (χ0n) is 12.9. The Morgan fingerprint density at radius 1 is 0.826 bits per heavy atom. The van der Waals surface area contributed by atoms with E-state index < -0.39 is 47.3 Å². The molecule has 1 saturated heterocycles. The van der Waals surface area contributed by atoms with Crippen LogP contribution >= 0.6 is 0 Å². The lowest BCUT2D eigenvalue weighted by Crippen LogP contribution is -2.41. The molecule has 128 valence electrons. The molecule has 2 nitrogen and oxygen atoms in total. The first-order valence-corrected chi connectivity index (χ1v) is 6.79. The molecule has 0 aromatic heterocycles. The summed E-state index contributed by atoms with van der Waals surface area (Å²) in [6, 6.07) is 1.43. The smallest absolute Gasteiger partial charge is 0.399 e. The summed E-state index contributed by atoms with van der Waals surface area (Å²) in [4.78, 5) is 0. The third kappa shape index (κ3) is 3.35. The molecule has 1 aromatic carbocycles. The Kier molecular flexibility index (Phi) is 4.05. The van der Waals surface area contributed by atoms with E-state index in [1.807, 2.05) is 0 Å². The van der Waals surface area contributed by atoms with Crippen molar-refractivity contribution in [1.82, 2.24) is 0 Å². The molecule has 0 saturated carbocycles. The summed E-state index contributed by atoms with van der Waals surface area (Å²) in [6.45, 7) is 6.57. The van der Waals surface area contributed by atoms with Crippen LogP contribution in [0.15, 0.2) is 18.2 Å². The lowest BCUT2D eigenvalue weighted by molar-refractivity contribution is -0.142. The zero-order valence-corrected chi connectivity index (χ0v) is 12.9. The van der Waals surface area contributed by atoms with Crippen molar-refractivity contribution in [2.75, 3.05) is 0 Å². The van der Waals surface area contributed by atoms with Crippen molar-refractivity contribution in [3.05, 3.63) is 29.3 Å². The lowest BCUT2D eigenvalue weighted by atomic mass is 9.75. The van der Waals surface area contributed by atoms with Gasteiger partial charge in [0.2, 0.25) is 0 Å². The van der Waals surface area contributed by atoms with Crippen molar-refractivity contribution >= 4 is 12.6 Å². The maximum Gasteiger partial charge on any atom is 0.495 e. The first kappa shape index (κ1) is 18.1. The molecule has 1 heterocycles. The number of alkyl halides is 6. The molecule has 0 amide bonds. The summed E-state index contributed by atoms with van der Waals surface area (Å²) in [5, 5.41) is 0. The quantitative estimate of drug-likeness (QED) is 0.568. The van der Waals surface area contributed by atoms with Crippen LogP contribution in [0.2, 0.25) is 0 Å². The topological polar surface area (TPSA) is 18.5 Å². The minimum atomic E-state index is -4.96. The second kappa shape index (κ2) is 5.14. The highest BCUT2D eigenvalue weighted by Gasteiger charge is 2.54. The van der Waals surface area contributed by atoms with Gasteiger partial charge >= 0.3 is 19.5 Å². The predicted molar refractivity (Wildman–Crippen MR) is 72.2 cm³/mol. The number of hydrogen-bond acceptors (Lipinski definition) is 2. The van der Waals surface area contributed by atoms with Crippen LogP contribution in [0.4, 0.5) is 26.3 Å². The molecule has 9 heteroatoms. The zero-order chi connectivity index (χ0) is 17.8. The minimum Gasteiger partial charge on any atom is -0.399 e. The van der Waals surface area contributed by atoms with E-state index >= 15 is 0 Å². The van der Waals surface area contributed by atoms with E-state index in [9.17, 15) is 26.3 Å². The van der Waals surface area contributed by atoms with Gasteiger partial charge in [0.15, 0.2) is 0 Å². The molecule has 23 heavy (non-hydrogen) atoms. The van der Waals surface area contributed by atoms with E-state index in [2.05, 4.69) is 0 Å². The van der Waals surface area contributed by atoms with E-state index in [-0.39, 0.29) is 6.07 Å². The van der Waals surface area contributed by atoms with Crippen molar-refractivity contribution < 1.29 is 35.7 Å². The Hall–Kier alpha value is -1.22. The largest absolute Gasteiger partial charge is 0.495 e. The van der Waals surface area contributed by atoms with E-state index in [1.54, 1.807) is 27.7 Å². The molecule has 0 spiro atoms. The van der Waals surface area contributed by atoms with Gasteiger partial charge in [0.1, 0.15) is 0 Å². The van der Waals surface area contributed by atoms with Crippen LogP contribution in [-0.2, 0) is 21.7 Å². The fourth-order valence-electron chi connectivity index (χ4n) is 2.15. The highest BCUT2D eigenvalue weighted by Crippen LogP contribution is 2.39. The van der Waals surface area contributed by atoms with Gasteiger partial charge in [-0.15, -0.1) is 0 Å². The fourth-order valence-corrected chi connectivity index (χ4v) is 2.15. The molecule has 1 aromatic rings. The first-order valence-electron chi connectivity index (χ1n) is 6.79. The van der Waals surface area contributed by atoms with Gasteiger partial charge in [-0.3, -0.25) is 0 Å². The maximum absolute atomic E-state index is 13.2. The SMILES string of the molecule is CC1(C)OB(c2ccc(C(F)(F)F)cc2C(F)(F)F)OC1(C)C. The summed E-state index contributed by atoms with van der Waals surface area (Å²) in [7, 11) is -1.39. The second-order valence-corrected chi connectivity index (χ2v) is 6.39. The van der Waals surface area contributed by atoms with Crippen LogP contribution in [0.25, 0.3) is 0 Å². The Morgan fingerprint density at radius 2 is 1.30 bits per heavy atom. The Balaban J connectivity index is 2.52. The summed E-state index contributed by atoms with van der Waals surface area (Å²) in [5.74, 6) is 0. The number of halogens is 6. The second-order valence-electron chi connectivity index (χ2n) is 6.39. The molecule has 0 N–H and O–H groups in total.